The van der Waals surface area contributed by atoms with Gasteiger partial charge in [-0.2, -0.15) is 0 Å². The molecule has 0 unspecified atom stereocenters. The predicted molar refractivity (Wildman–Crippen MR) is 272 cm³/mol. The summed E-state index contributed by atoms with van der Waals surface area (Å²) in [5.41, 5.74) is 18.2. The van der Waals surface area contributed by atoms with Crippen LogP contribution in [0.1, 0.15) is 47.2 Å². The van der Waals surface area contributed by atoms with E-state index in [0.717, 1.165) is 11.4 Å². The number of fused-ring (bicyclic) bond motifs is 11. The summed E-state index contributed by atoms with van der Waals surface area (Å²) in [6.07, 6.45) is 0. The molecule has 1 heterocycles. The molecule has 64 heavy (non-hydrogen) atoms. The van der Waals surface area contributed by atoms with Crippen LogP contribution in [0.2, 0.25) is 0 Å². The molecule has 0 spiro atoms. The van der Waals surface area contributed by atoms with Gasteiger partial charge in [0.05, 0.1) is 11.1 Å². The fourth-order valence-corrected chi connectivity index (χ4v) is 12.7. The van der Waals surface area contributed by atoms with Crippen LogP contribution in [0.3, 0.4) is 0 Å². The van der Waals surface area contributed by atoms with Crippen molar-refractivity contribution in [3.05, 3.63) is 258 Å². The van der Waals surface area contributed by atoms with Crippen molar-refractivity contribution >= 4 is 59.3 Å². The second-order valence-corrected chi connectivity index (χ2v) is 19.0. The summed E-state index contributed by atoms with van der Waals surface area (Å²) in [5.74, 6) is 0. The Morgan fingerprint density at radius 1 is 0.406 bits per heavy atom. The van der Waals surface area contributed by atoms with E-state index in [9.17, 15) is 0 Å². The smallest absolute Gasteiger partial charge is 0.0714 e. The molecule has 0 aliphatic heterocycles. The zero-order valence-corrected chi connectivity index (χ0v) is 36.5. The van der Waals surface area contributed by atoms with Gasteiger partial charge in [0.2, 0.25) is 0 Å². The summed E-state index contributed by atoms with van der Waals surface area (Å²) < 4.78 is 2.64. The van der Waals surface area contributed by atoms with Gasteiger partial charge in [-0.1, -0.05) is 196 Å². The first-order chi connectivity index (χ1) is 31.5. The number of benzene rings is 10. The van der Waals surface area contributed by atoms with E-state index in [-0.39, 0.29) is 5.41 Å². The lowest BCUT2D eigenvalue weighted by Crippen LogP contribution is -2.28. The monoisotopic (exact) mass is 833 g/mol. The highest BCUT2D eigenvalue weighted by Gasteiger charge is 2.47. The van der Waals surface area contributed by atoms with Gasteiger partial charge >= 0.3 is 0 Å². The lowest BCUT2D eigenvalue weighted by atomic mass is 9.67. The van der Waals surface area contributed by atoms with E-state index in [1.807, 2.05) is 11.3 Å². The Kier molecular flexibility index (Phi) is 8.11. The Labute approximate surface area is 378 Å². The Morgan fingerprint density at radius 3 is 1.75 bits per heavy atom. The van der Waals surface area contributed by atoms with Crippen molar-refractivity contribution in [1.29, 1.82) is 0 Å². The first kappa shape index (κ1) is 37.1. The van der Waals surface area contributed by atoms with E-state index in [0.29, 0.717) is 0 Å². The molecule has 0 amide bonds. The zero-order valence-electron chi connectivity index (χ0n) is 35.7. The molecule has 0 atom stereocenters. The average molecular weight is 834 g/mol. The summed E-state index contributed by atoms with van der Waals surface area (Å²) >= 11 is 1.87. The molecule has 1 aromatic heterocycles. The second-order valence-electron chi connectivity index (χ2n) is 18.0. The molecular weight excluding hydrogens is 791 g/mol. The number of anilines is 3. The van der Waals surface area contributed by atoms with Crippen molar-refractivity contribution in [2.45, 2.75) is 24.7 Å². The number of thiophene rings is 1. The minimum absolute atomic E-state index is 0.200. The molecule has 0 fully saturated rings. The summed E-state index contributed by atoms with van der Waals surface area (Å²) in [6, 6.07) is 84.0. The Morgan fingerprint density at radius 2 is 0.984 bits per heavy atom. The SMILES string of the molecule is CC1(C)c2ccccc2-c2c(N(c3ccc(-c4cccc5sc6ccccc6c45)cc3)c3ccc4c(c3)C(c3ccccc3)(c3ccccc3)c3ccccc3-4)cc3ccccc3c21. The number of nitrogens with zero attached hydrogens (tertiary/aromatic N) is 1. The van der Waals surface area contributed by atoms with Gasteiger partial charge < -0.3 is 4.90 Å². The molecule has 2 heteroatoms. The van der Waals surface area contributed by atoms with Gasteiger partial charge in [-0.3, -0.25) is 0 Å². The third-order valence-electron chi connectivity index (χ3n) is 14.3. The van der Waals surface area contributed by atoms with Gasteiger partial charge in [0.25, 0.3) is 0 Å². The van der Waals surface area contributed by atoms with Crippen LogP contribution in [0.25, 0.3) is 64.3 Å². The zero-order chi connectivity index (χ0) is 42.6. The van der Waals surface area contributed by atoms with E-state index < -0.39 is 5.41 Å². The van der Waals surface area contributed by atoms with Crippen molar-refractivity contribution in [1.82, 2.24) is 0 Å². The van der Waals surface area contributed by atoms with Crippen molar-refractivity contribution < 1.29 is 0 Å². The molecular formula is C62H43NS. The molecule has 0 radical (unpaired) electrons. The van der Waals surface area contributed by atoms with Crippen LogP contribution < -0.4 is 4.90 Å². The molecule has 2 aliphatic carbocycles. The second kappa shape index (κ2) is 14.0. The molecule has 1 nitrogen and oxygen atoms in total. The van der Waals surface area contributed by atoms with Crippen LogP contribution in [-0.4, -0.2) is 0 Å². The van der Waals surface area contributed by atoms with Crippen LogP contribution in [0.15, 0.2) is 224 Å². The average Bonchev–Trinajstić information content (AvgIpc) is 3.96. The molecule has 0 bridgehead atoms. The topological polar surface area (TPSA) is 3.24 Å². The normalized spacial score (nSPS) is 14.0. The Balaban J connectivity index is 1.10. The molecule has 13 rings (SSSR count). The van der Waals surface area contributed by atoms with E-state index in [1.54, 1.807) is 0 Å². The molecule has 0 saturated heterocycles. The summed E-state index contributed by atoms with van der Waals surface area (Å²) in [4.78, 5) is 2.55. The summed E-state index contributed by atoms with van der Waals surface area (Å²) in [5, 5.41) is 5.20. The molecule has 0 saturated carbocycles. The lowest BCUT2D eigenvalue weighted by molar-refractivity contribution is 0.666. The summed E-state index contributed by atoms with van der Waals surface area (Å²) in [7, 11) is 0. The van der Waals surface area contributed by atoms with Crippen LogP contribution in [0.5, 0.6) is 0 Å². The van der Waals surface area contributed by atoms with Crippen LogP contribution >= 0.6 is 11.3 Å². The maximum Gasteiger partial charge on any atom is 0.0714 e. The first-order valence-corrected chi connectivity index (χ1v) is 23.2. The van der Waals surface area contributed by atoms with Crippen molar-refractivity contribution in [2.75, 3.05) is 4.90 Å². The van der Waals surface area contributed by atoms with Gasteiger partial charge in [-0.15, -0.1) is 11.3 Å². The van der Waals surface area contributed by atoms with Gasteiger partial charge in [-0.25, -0.2) is 0 Å². The quantitative estimate of drug-likeness (QED) is 0.161. The Hall–Kier alpha value is -7.52. The van der Waals surface area contributed by atoms with E-state index in [2.05, 4.69) is 243 Å². The summed E-state index contributed by atoms with van der Waals surface area (Å²) in [6.45, 7) is 4.81. The van der Waals surface area contributed by atoms with Crippen molar-refractivity contribution in [3.63, 3.8) is 0 Å². The van der Waals surface area contributed by atoms with Crippen LogP contribution in [0, 0.1) is 0 Å². The van der Waals surface area contributed by atoms with Crippen molar-refractivity contribution in [3.8, 4) is 33.4 Å². The van der Waals surface area contributed by atoms with Crippen molar-refractivity contribution in [2.24, 2.45) is 0 Å². The number of hydrogen-bond acceptors (Lipinski definition) is 2. The maximum atomic E-state index is 2.55. The molecule has 2 aliphatic rings. The van der Waals surface area contributed by atoms with Gasteiger partial charge in [-0.05, 0) is 114 Å². The third-order valence-corrected chi connectivity index (χ3v) is 15.4. The standard InChI is InChI=1S/C62H43NS/c1-61(2)52-28-14-12-25-50(52)59-55(38-41-18-9-10-23-47(41)60(59)61)63(44-34-32-40(33-35-44)46-27-17-31-57-58(46)51-26-13-16-30-56(51)64-57)45-36-37-49-48-24-11-15-29-53(48)62(54(49)39-45,42-19-5-3-6-20-42)43-21-7-4-8-22-43/h3-39H,1-2H3. The van der Waals surface area contributed by atoms with Gasteiger partial charge in [0.1, 0.15) is 0 Å². The fourth-order valence-electron chi connectivity index (χ4n) is 11.6. The van der Waals surface area contributed by atoms with E-state index >= 15 is 0 Å². The molecule has 11 aromatic rings. The molecule has 0 N–H and O–H groups in total. The lowest BCUT2D eigenvalue weighted by Gasteiger charge is -2.35. The van der Waals surface area contributed by atoms with Crippen LogP contribution in [0.4, 0.5) is 17.1 Å². The minimum atomic E-state index is -0.526. The molecule has 302 valence electrons. The highest BCUT2D eigenvalue weighted by atomic mass is 32.1. The highest BCUT2D eigenvalue weighted by molar-refractivity contribution is 7.25. The highest BCUT2D eigenvalue weighted by Crippen LogP contribution is 2.60. The molecule has 10 aromatic carbocycles. The first-order valence-electron chi connectivity index (χ1n) is 22.3. The van der Waals surface area contributed by atoms with Gasteiger partial charge in [0, 0.05) is 42.5 Å². The predicted octanol–water partition coefficient (Wildman–Crippen LogP) is 17.0. The maximum absolute atomic E-state index is 2.55. The number of rotatable bonds is 6. The number of hydrogen-bond donors (Lipinski definition) is 0. The largest absolute Gasteiger partial charge is 0.310 e. The van der Waals surface area contributed by atoms with Crippen LogP contribution in [-0.2, 0) is 10.8 Å². The third kappa shape index (κ3) is 5.18. The van der Waals surface area contributed by atoms with E-state index in [1.165, 1.54) is 103 Å². The van der Waals surface area contributed by atoms with Gasteiger partial charge in [0.15, 0.2) is 0 Å². The minimum Gasteiger partial charge on any atom is -0.310 e. The Bertz CT molecular complexity index is 3590. The fraction of sp³-hybridized carbons (Fsp3) is 0.0645. The van der Waals surface area contributed by atoms with E-state index in [4.69, 9.17) is 0 Å².